The molecule has 0 fully saturated rings. The van der Waals surface area contributed by atoms with Gasteiger partial charge in [0, 0.05) is 18.0 Å². The molecule has 0 unspecified atom stereocenters. The van der Waals surface area contributed by atoms with E-state index in [4.69, 9.17) is 23.2 Å². The Morgan fingerprint density at radius 1 is 1.23 bits per heavy atom. The van der Waals surface area contributed by atoms with E-state index in [0.717, 1.165) is 16.9 Å². The predicted octanol–water partition coefficient (Wildman–Crippen LogP) is 3.88. The largest absolute Gasteiger partial charge is 0.346 e. The second-order valence-corrected chi connectivity index (χ2v) is 5.83. The summed E-state index contributed by atoms with van der Waals surface area (Å²) in [6, 6.07) is 8.78. The minimum absolute atomic E-state index is 0.216. The molecule has 4 nitrogen and oxygen atoms in total. The Morgan fingerprint density at radius 2 is 2.05 bits per heavy atom. The topological polar surface area (TPSA) is 46.4 Å². The van der Waals surface area contributed by atoms with Gasteiger partial charge in [0.2, 0.25) is 0 Å². The van der Waals surface area contributed by atoms with Gasteiger partial charge in [-0.3, -0.25) is 4.79 Å². The molecule has 112 valence electrons. The lowest BCUT2D eigenvalue weighted by Gasteiger charge is -2.04. The van der Waals surface area contributed by atoms with Gasteiger partial charge in [-0.2, -0.15) is 0 Å². The lowest BCUT2D eigenvalue weighted by Crippen LogP contribution is -2.22. The molecule has 0 aliphatic carbocycles. The van der Waals surface area contributed by atoms with E-state index in [1.54, 1.807) is 18.2 Å². The van der Waals surface area contributed by atoms with Crippen molar-refractivity contribution in [3.05, 3.63) is 69.6 Å². The predicted molar refractivity (Wildman–Crippen MR) is 87.6 cm³/mol. The van der Waals surface area contributed by atoms with Gasteiger partial charge in [-0.1, -0.05) is 23.2 Å². The van der Waals surface area contributed by atoms with Crippen LogP contribution in [-0.4, -0.2) is 15.3 Å². The maximum absolute atomic E-state index is 12.1. The average molecular weight is 334 g/mol. The van der Waals surface area contributed by atoms with E-state index in [-0.39, 0.29) is 5.91 Å². The number of aryl methyl sites for hydroxylation is 1. The number of pyridine rings is 1. The number of nitrogens with one attached hydrogen (secondary N) is 1. The summed E-state index contributed by atoms with van der Waals surface area (Å²) < 4.78 is 1.92. The standard InChI is InChI=1S/C16H13Cl2N3O/c1-10-4-5-21-9-12(20-15(21)6-10)8-19-16(22)11-2-3-13(17)14(18)7-11/h2-7,9H,8H2,1H3,(H,19,22). The Hall–Kier alpha value is -2.04. The molecule has 0 aliphatic rings. The molecule has 6 heteroatoms. The fourth-order valence-electron chi connectivity index (χ4n) is 2.13. The number of hydrogen-bond acceptors (Lipinski definition) is 2. The first kappa shape index (κ1) is 14.9. The molecule has 1 amide bonds. The van der Waals surface area contributed by atoms with Crippen LogP contribution in [0.1, 0.15) is 21.6 Å². The molecule has 1 aromatic carbocycles. The Kier molecular flexibility index (Phi) is 4.05. The molecule has 22 heavy (non-hydrogen) atoms. The molecule has 2 heterocycles. The molecule has 0 spiro atoms. The number of carbonyl (C=O) groups is 1. The van der Waals surface area contributed by atoms with Crippen molar-refractivity contribution in [2.75, 3.05) is 0 Å². The van der Waals surface area contributed by atoms with Crippen molar-refractivity contribution < 1.29 is 4.79 Å². The highest BCUT2D eigenvalue weighted by Crippen LogP contribution is 2.22. The van der Waals surface area contributed by atoms with Crippen LogP contribution in [0.15, 0.2) is 42.7 Å². The second kappa shape index (κ2) is 5.99. The summed E-state index contributed by atoms with van der Waals surface area (Å²) in [4.78, 5) is 16.6. The van der Waals surface area contributed by atoms with E-state index < -0.39 is 0 Å². The molecule has 0 saturated heterocycles. The fourth-order valence-corrected chi connectivity index (χ4v) is 2.43. The molecule has 0 saturated carbocycles. The molecule has 0 bridgehead atoms. The first-order chi connectivity index (χ1) is 10.5. The zero-order chi connectivity index (χ0) is 15.7. The minimum Gasteiger partial charge on any atom is -0.346 e. The summed E-state index contributed by atoms with van der Waals surface area (Å²) in [5.41, 5.74) is 3.26. The molecule has 3 rings (SSSR count). The monoisotopic (exact) mass is 333 g/mol. The highest BCUT2D eigenvalue weighted by atomic mass is 35.5. The maximum Gasteiger partial charge on any atom is 0.251 e. The molecule has 1 N–H and O–H groups in total. The van der Waals surface area contributed by atoms with Crippen molar-refractivity contribution >= 4 is 34.8 Å². The van der Waals surface area contributed by atoms with E-state index in [2.05, 4.69) is 10.3 Å². The van der Waals surface area contributed by atoms with Gasteiger partial charge in [0.05, 0.1) is 22.3 Å². The van der Waals surface area contributed by atoms with E-state index in [1.165, 1.54) is 0 Å². The van der Waals surface area contributed by atoms with Crippen LogP contribution in [-0.2, 0) is 6.54 Å². The third-order valence-electron chi connectivity index (χ3n) is 3.28. The average Bonchev–Trinajstić information content (AvgIpc) is 2.89. The Bertz CT molecular complexity index is 858. The summed E-state index contributed by atoms with van der Waals surface area (Å²) >= 11 is 11.8. The van der Waals surface area contributed by atoms with E-state index >= 15 is 0 Å². The Morgan fingerprint density at radius 3 is 2.82 bits per heavy atom. The van der Waals surface area contributed by atoms with Crippen LogP contribution in [0.3, 0.4) is 0 Å². The zero-order valence-corrected chi connectivity index (χ0v) is 13.3. The van der Waals surface area contributed by atoms with Gasteiger partial charge >= 0.3 is 0 Å². The molecular weight excluding hydrogens is 321 g/mol. The van der Waals surface area contributed by atoms with E-state index in [0.29, 0.717) is 22.2 Å². The molecular formula is C16H13Cl2N3O. The normalized spacial score (nSPS) is 10.9. The van der Waals surface area contributed by atoms with E-state index in [1.807, 2.05) is 35.9 Å². The number of benzene rings is 1. The van der Waals surface area contributed by atoms with Crippen LogP contribution in [0, 0.1) is 6.92 Å². The zero-order valence-electron chi connectivity index (χ0n) is 11.8. The maximum atomic E-state index is 12.1. The number of imidazole rings is 1. The summed E-state index contributed by atoms with van der Waals surface area (Å²) in [5, 5.41) is 3.60. The smallest absolute Gasteiger partial charge is 0.251 e. The number of halogens is 2. The van der Waals surface area contributed by atoms with E-state index in [9.17, 15) is 4.79 Å². The fraction of sp³-hybridized carbons (Fsp3) is 0.125. The van der Waals surface area contributed by atoms with Gasteiger partial charge in [0.25, 0.3) is 5.91 Å². The van der Waals surface area contributed by atoms with Gasteiger partial charge in [-0.05, 0) is 42.8 Å². The van der Waals surface area contributed by atoms with Gasteiger partial charge in [-0.25, -0.2) is 4.98 Å². The van der Waals surface area contributed by atoms with Crippen molar-refractivity contribution in [1.82, 2.24) is 14.7 Å². The summed E-state index contributed by atoms with van der Waals surface area (Å²) in [7, 11) is 0. The molecule has 3 aromatic rings. The van der Waals surface area contributed by atoms with Gasteiger partial charge in [-0.15, -0.1) is 0 Å². The van der Waals surface area contributed by atoms with Gasteiger partial charge in [0.15, 0.2) is 0 Å². The highest BCUT2D eigenvalue weighted by molar-refractivity contribution is 6.42. The van der Waals surface area contributed by atoms with Gasteiger partial charge in [0.1, 0.15) is 5.65 Å². The van der Waals surface area contributed by atoms with Crippen molar-refractivity contribution in [2.45, 2.75) is 13.5 Å². The SMILES string of the molecule is Cc1ccn2cc(CNC(=O)c3ccc(Cl)c(Cl)c3)nc2c1. The van der Waals surface area contributed by atoms with Crippen LogP contribution in [0.5, 0.6) is 0 Å². The number of hydrogen-bond donors (Lipinski definition) is 1. The molecule has 0 aliphatic heterocycles. The summed E-state index contributed by atoms with van der Waals surface area (Å²) in [5.74, 6) is -0.216. The first-order valence-electron chi connectivity index (χ1n) is 6.70. The third-order valence-corrected chi connectivity index (χ3v) is 4.02. The number of amides is 1. The Labute approximate surface area is 137 Å². The van der Waals surface area contributed by atoms with Gasteiger partial charge < -0.3 is 9.72 Å². The third kappa shape index (κ3) is 3.08. The summed E-state index contributed by atoms with van der Waals surface area (Å²) in [6.07, 6.45) is 3.84. The van der Waals surface area contributed by atoms with Crippen molar-refractivity contribution in [3.63, 3.8) is 0 Å². The highest BCUT2D eigenvalue weighted by Gasteiger charge is 2.09. The molecule has 2 aromatic heterocycles. The van der Waals surface area contributed by atoms with Crippen molar-refractivity contribution in [1.29, 1.82) is 0 Å². The van der Waals surface area contributed by atoms with Crippen molar-refractivity contribution in [2.24, 2.45) is 0 Å². The lowest BCUT2D eigenvalue weighted by atomic mass is 10.2. The van der Waals surface area contributed by atoms with Crippen LogP contribution in [0.4, 0.5) is 0 Å². The first-order valence-corrected chi connectivity index (χ1v) is 7.46. The molecule has 0 radical (unpaired) electrons. The Balaban J connectivity index is 1.72. The van der Waals surface area contributed by atoms with Crippen LogP contribution in [0.2, 0.25) is 10.0 Å². The van der Waals surface area contributed by atoms with Crippen LogP contribution >= 0.6 is 23.2 Å². The number of rotatable bonds is 3. The van der Waals surface area contributed by atoms with Crippen LogP contribution in [0.25, 0.3) is 5.65 Å². The second-order valence-electron chi connectivity index (χ2n) is 5.01. The number of carbonyl (C=O) groups excluding carboxylic acids is 1. The quantitative estimate of drug-likeness (QED) is 0.790. The minimum atomic E-state index is -0.216. The lowest BCUT2D eigenvalue weighted by molar-refractivity contribution is 0.0950. The van der Waals surface area contributed by atoms with Crippen LogP contribution < -0.4 is 5.32 Å². The number of fused-ring (bicyclic) bond motifs is 1. The molecule has 0 atom stereocenters. The number of aromatic nitrogens is 2. The summed E-state index contributed by atoms with van der Waals surface area (Å²) in [6.45, 7) is 2.36. The van der Waals surface area contributed by atoms with Crippen molar-refractivity contribution in [3.8, 4) is 0 Å². The number of nitrogens with zero attached hydrogens (tertiary/aromatic N) is 2.